The molecule has 4 heteroatoms. The van der Waals surface area contributed by atoms with Gasteiger partial charge in [0.25, 0.3) is 0 Å². The first-order valence-electron chi connectivity index (χ1n) is 3.15. The molecule has 0 saturated carbocycles. The van der Waals surface area contributed by atoms with E-state index in [1.807, 2.05) is 0 Å². The van der Waals surface area contributed by atoms with Crippen LogP contribution in [0.1, 0.15) is 6.42 Å². The fraction of sp³-hybridized carbons (Fsp3) is 0.667. The van der Waals surface area contributed by atoms with Crippen LogP contribution in [-0.4, -0.2) is 28.0 Å². The number of amides is 1. The second-order valence-electron chi connectivity index (χ2n) is 2.44. The van der Waals surface area contributed by atoms with Gasteiger partial charge in [0, 0.05) is 5.75 Å². The number of nitrogens with zero attached hydrogens (tertiary/aromatic N) is 2. The van der Waals surface area contributed by atoms with Crippen LogP contribution < -0.4 is 0 Å². The number of carbonyl (C=O) groups is 1. The molecule has 2 aliphatic rings. The van der Waals surface area contributed by atoms with Gasteiger partial charge >= 0.3 is 0 Å². The summed E-state index contributed by atoms with van der Waals surface area (Å²) in [5.74, 6) is 0.939. The van der Waals surface area contributed by atoms with E-state index in [0.717, 1.165) is 5.75 Å². The molecular weight excluding hydrogens is 148 g/mol. The Bertz CT molecular complexity index is 222. The van der Waals surface area contributed by atoms with Gasteiger partial charge in [-0.15, -0.1) is 11.8 Å². The number of rotatable bonds is 0. The molecule has 0 aromatic rings. The Morgan fingerprint density at radius 1 is 1.80 bits per heavy atom. The van der Waals surface area contributed by atoms with E-state index in [2.05, 4.69) is 6.07 Å². The zero-order valence-electron chi connectivity index (χ0n) is 5.28. The van der Waals surface area contributed by atoms with E-state index in [0.29, 0.717) is 11.8 Å². The SMILES string of the molecule is N#CC1CS[C@H]2CC(=O)N12. The molecule has 1 amide bonds. The van der Waals surface area contributed by atoms with Gasteiger partial charge in [-0.05, 0) is 0 Å². The van der Waals surface area contributed by atoms with Crippen molar-refractivity contribution >= 4 is 17.7 Å². The molecule has 1 unspecified atom stereocenters. The van der Waals surface area contributed by atoms with Crippen LogP contribution in [-0.2, 0) is 4.79 Å². The van der Waals surface area contributed by atoms with Gasteiger partial charge < -0.3 is 4.90 Å². The van der Waals surface area contributed by atoms with Crippen LogP contribution in [0.25, 0.3) is 0 Å². The lowest BCUT2D eigenvalue weighted by Crippen LogP contribution is -2.51. The summed E-state index contributed by atoms with van der Waals surface area (Å²) in [5.41, 5.74) is 0. The molecule has 0 bridgehead atoms. The van der Waals surface area contributed by atoms with Crippen molar-refractivity contribution in [2.75, 3.05) is 5.75 Å². The molecule has 2 atom stereocenters. The average molecular weight is 154 g/mol. The van der Waals surface area contributed by atoms with Crippen LogP contribution in [0.4, 0.5) is 0 Å². The summed E-state index contributed by atoms with van der Waals surface area (Å²) < 4.78 is 0. The minimum atomic E-state index is -0.142. The number of hydrogen-bond donors (Lipinski definition) is 0. The highest BCUT2D eigenvalue weighted by Gasteiger charge is 2.46. The zero-order chi connectivity index (χ0) is 7.14. The minimum Gasteiger partial charge on any atom is -0.313 e. The maximum absolute atomic E-state index is 10.8. The normalized spacial score (nSPS) is 36.7. The largest absolute Gasteiger partial charge is 0.313 e. The molecule has 52 valence electrons. The van der Waals surface area contributed by atoms with Gasteiger partial charge in [-0.3, -0.25) is 4.79 Å². The van der Waals surface area contributed by atoms with Crippen molar-refractivity contribution in [3.8, 4) is 6.07 Å². The number of fused-ring (bicyclic) bond motifs is 1. The fourth-order valence-electron chi connectivity index (χ4n) is 1.30. The van der Waals surface area contributed by atoms with Crippen molar-refractivity contribution in [1.82, 2.24) is 4.90 Å². The molecule has 2 saturated heterocycles. The number of thioether (sulfide) groups is 1. The van der Waals surface area contributed by atoms with Gasteiger partial charge in [0.1, 0.15) is 6.04 Å². The molecule has 0 radical (unpaired) electrons. The lowest BCUT2D eigenvalue weighted by Gasteiger charge is -2.34. The third kappa shape index (κ3) is 0.585. The van der Waals surface area contributed by atoms with Crippen molar-refractivity contribution < 1.29 is 4.79 Å². The summed E-state index contributed by atoms with van der Waals surface area (Å²) in [6.07, 6.45) is 0.642. The van der Waals surface area contributed by atoms with Crippen molar-refractivity contribution in [3.05, 3.63) is 0 Å². The van der Waals surface area contributed by atoms with Crippen LogP contribution in [0.2, 0.25) is 0 Å². The first-order chi connectivity index (χ1) is 4.83. The molecule has 0 aliphatic carbocycles. The van der Waals surface area contributed by atoms with E-state index < -0.39 is 0 Å². The zero-order valence-corrected chi connectivity index (χ0v) is 6.10. The molecule has 0 spiro atoms. The molecule has 10 heavy (non-hydrogen) atoms. The lowest BCUT2D eigenvalue weighted by molar-refractivity contribution is -0.141. The summed E-state index contributed by atoms with van der Waals surface area (Å²) >= 11 is 1.71. The summed E-state index contributed by atoms with van der Waals surface area (Å²) in [6.45, 7) is 0. The monoisotopic (exact) mass is 154 g/mol. The van der Waals surface area contributed by atoms with Crippen molar-refractivity contribution in [2.24, 2.45) is 0 Å². The summed E-state index contributed by atoms with van der Waals surface area (Å²) in [7, 11) is 0. The number of hydrogen-bond acceptors (Lipinski definition) is 3. The molecule has 0 aromatic carbocycles. The number of nitriles is 1. The maximum Gasteiger partial charge on any atom is 0.227 e. The molecule has 0 N–H and O–H groups in total. The molecule has 3 nitrogen and oxygen atoms in total. The highest BCUT2D eigenvalue weighted by molar-refractivity contribution is 8.00. The van der Waals surface area contributed by atoms with Crippen molar-refractivity contribution in [3.63, 3.8) is 0 Å². The third-order valence-electron chi connectivity index (χ3n) is 1.88. The van der Waals surface area contributed by atoms with Gasteiger partial charge in [0.15, 0.2) is 0 Å². The standard InChI is InChI=1S/C6H6N2OS/c7-2-4-3-10-6-1-5(9)8(4)6/h4,6H,1,3H2/t4?,6-/m0/s1. The Kier molecular flexibility index (Phi) is 1.15. The highest BCUT2D eigenvalue weighted by Crippen LogP contribution is 2.38. The lowest BCUT2D eigenvalue weighted by atomic mass is 10.1. The van der Waals surface area contributed by atoms with Gasteiger partial charge in [0.05, 0.1) is 17.9 Å². The first-order valence-corrected chi connectivity index (χ1v) is 4.20. The van der Waals surface area contributed by atoms with E-state index in [1.165, 1.54) is 0 Å². The molecular formula is C6H6N2OS. The van der Waals surface area contributed by atoms with E-state index in [4.69, 9.17) is 5.26 Å². The van der Waals surface area contributed by atoms with E-state index in [9.17, 15) is 4.79 Å². The molecule has 2 heterocycles. The Labute approximate surface area is 63.0 Å². The van der Waals surface area contributed by atoms with Crippen LogP contribution in [0.3, 0.4) is 0 Å². The average Bonchev–Trinajstić information content (AvgIpc) is 2.25. The third-order valence-corrected chi connectivity index (χ3v) is 3.17. The minimum absolute atomic E-state index is 0.140. The van der Waals surface area contributed by atoms with Gasteiger partial charge in [0.2, 0.25) is 5.91 Å². The van der Waals surface area contributed by atoms with E-state index >= 15 is 0 Å². The van der Waals surface area contributed by atoms with Crippen LogP contribution in [0.5, 0.6) is 0 Å². The summed E-state index contributed by atoms with van der Waals surface area (Å²) in [5, 5.41) is 8.88. The van der Waals surface area contributed by atoms with Gasteiger partial charge in [-0.25, -0.2) is 0 Å². The molecule has 2 aliphatic heterocycles. The van der Waals surface area contributed by atoms with E-state index in [-0.39, 0.29) is 11.9 Å². The Balaban J connectivity index is 2.16. The highest BCUT2D eigenvalue weighted by atomic mass is 32.2. The topological polar surface area (TPSA) is 44.1 Å². The smallest absolute Gasteiger partial charge is 0.227 e. The number of β-lactam (4-membered cyclic amide) rings is 1. The Morgan fingerprint density at radius 3 is 3.10 bits per heavy atom. The van der Waals surface area contributed by atoms with Crippen LogP contribution >= 0.6 is 11.8 Å². The second-order valence-corrected chi connectivity index (χ2v) is 3.65. The Morgan fingerprint density at radius 2 is 2.60 bits per heavy atom. The second kappa shape index (κ2) is 1.89. The Hall–Kier alpha value is -0.690. The van der Waals surface area contributed by atoms with Crippen LogP contribution in [0, 0.1) is 11.3 Å². The molecule has 2 rings (SSSR count). The molecule has 2 fully saturated rings. The van der Waals surface area contributed by atoms with Crippen LogP contribution in [0.15, 0.2) is 0 Å². The predicted octanol–water partition coefficient (Wildman–Crippen LogP) is 0.184. The van der Waals surface area contributed by atoms with Gasteiger partial charge in [-0.2, -0.15) is 5.26 Å². The van der Waals surface area contributed by atoms with Gasteiger partial charge in [-0.1, -0.05) is 0 Å². The first kappa shape index (κ1) is 6.05. The summed E-state index contributed by atoms with van der Waals surface area (Å²) in [6, 6.07) is 1.97. The maximum atomic E-state index is 10.8. The van der Waals surface area contributed by atoms with E-state index in [1.54, 1.807) is 16.7 Å². The molecule has 0 aromatic heterocycles. The number of carbonyl (C=O) groups excluding carboxylic acids is 1. The quantitative estimate of drug-likeness (QED) is 0.468. The van der Waals surface area contributed by atoms with Crippen molar-refractivity contribution in [1.29, 1.82) is 5.26 Å². The predicted molar refractivity (Wildman–Crippen MR) is 37.1 cm³/mol. The summed E-state index contributed by atoms with van der Waals surface area (Å²) in [4.78, 5) is 12.5. The fourth-order valence-corrected chi connectivity index (χ4v) is 2.62. The van der Waals surface area contributed by atoms with Crippen molar-refractivity contribution in [2.45, 2.75) is 17.8 Å².